The molecule has 0 fully saturated rings. The van der Waals surface area contributed by atoms with Crippen LogP contribution in [0, 0.1) is 0 Å². The molecule has 0 radical (unpaired) electrons. The first-order chi connectivity index (χ1) is 11.8. The number of carbonyl (C=O) groups is 6. The number of aliphatic carboxylic acids is 6. The minimum absolute atomic E-state index is 0. The zero-order valence-corrected chi connectivity index (χ0v) is 22.8. The number of hydrogen-bond acceptors (Lipinski definition) is 14. The van der Waals surface area contributed by atoms with Crippen molar-refractivity contribution < 1.29 is 70.4 Å². The third-order valence-corrected chi connectivity index (χ3v) is 2.12. The molecule has 0 aliphatic heterocycles. The van der Waals surface area contributed by atoms with Gasteiger partial charge < -0.3 is 70.4 Å². The molecule has 0 unspecified atom stereocenters. The van der Waals surface area contributed by atoms with E-state index >= 15 is 0 Å². The molecule has 164 valence electrons. The topological polar surface area (TPSA) is 310 Å². The van der Waals surface area contributed by atoms with Crippen LogP contribution in [0.15, 0.2) is 0 Å². The van der Waals surface area contributed by atoms with E-state index in [1.54, 1.807) is 0 Å². The normalized spacial score (nSPS) is 8.32. The van der Waals surface area contributed by atoms with Gasteiger partial charge in [0.05, 0.1) is 35.8 Å². The molecule has 31 heavy (non-hydrogen) atoms. The van der Waals surface area contributed by atoms with Crippen LogP contribution < -0.4 is 30.6 Å². The van der Waals surface area contributed by atoms with E-state index in [4.69, 9.17) is 0 Å². The van der Waals surface area contributed by atoms with Crippen LogP contribution in [0.3, 0.4) is 0 Å². The van der Waals surface area contributed by atoms with Gasteiger partial charge in [-0.1, -0.05) is 0 Å². The molecular weight excluding hydrogens is 516 g/mol. The number of carboxylic acids is 6. The first-order valence-corrected chi connectivity index (χ1v) is 6.47. The summed E-state index contributed by atoms with van der Waals surface area (Å²) in [5.41, 5.74) is 0. The number of rotatable bonds is 12. The van der Waals surface area contributed by atoms with Crippen LogP contribution in [0.2, 0.25) is 0 Å². The van der Waals surface area contributed by atoms with Gasteiger partial charge in [0.25, 0.3) is 0 Å². The van der Waals surface area contributed by atoms with E-state index in [2.05, 4.69) is 0 Å². The molecule has 0 heterocycles. The molecule has 0 amide bonds. The second kappa shape index (κ2) is 28.5. The summed E-state index contributed by atoms with van der Waals surface area (Å²) in [6, 6.07) is 0. The Balaban J connectivity index is -0.0000000640. The van der Waals surface area contributed by atoms with Crippen molar-refractivity contribution in [2.24, 2.45) is 0 Å². The number of carbonyl (C=O) groups excluding carboxylic acids is 6. The second-order valence-corrected chi connectivity index (χ2v) is 4.52. The molecule has 0 rings (SSSR count). The summed E-state index contributed by atoms with van der Waals surface area (Å²) < 4.78 is 0. The first kappa shape index (κ1) is 48.8. The standard InChI is InChI=1S/2C6H9NO6.3Ca.2H2O/c2*8-4(9)1-7(2-5(10)11)3-6(12)13;;;;;/h2*1-3H2,(H,8,9)(H,10,11)(H,12,13);;;;2*1H2/q;;3*+2;;/p-6. The molecule has 19 heteroatoms. The fourth-order valence-electron chi connectivity index (χ4n) is 1.43. The predicted octanol–water partition coefficient (Wildman–Crippen LogP) is -13.7. The van der Waals surface area contributed by atoms with Crippen LogP contribution in [0.25, 0.3) is 0 Å². The Morgan fingerprint density at radius 3 is 0.548 bits per heavy atom. The Bertz CT molecular complexity index is 439. The molecule has 0 saturated heterocycles. The van der Waals surface area contributed by atoms with Crippen molar-refractivity contribution in [3.8, 4) is 0 Å². The van der Waals surface area contributed by atoms with E-state index in [-0.39, 0.29) is 124 Å². The average molecular weight is 532 g/mol. The first-order valence-electron chi connectivity index (χ1n) is 6.47. The van der Waals surface area contributed by atoms with Crippen molar-refractivity contribution >= 4 is 149 Å². The van der Waals surface area contributed by atoms with Crippen molar-refractivity contribution in [3.63, 3.8) is 0 Å². The van der Waals surface area contributed by atoms with Crippen molar-refractivity contribution in [1.29, 1.82) is 0 Å². The molecule has 16 nitrogen and oxygen atoms in total. The van der Waals surface area contributed by atoms with Crippen molar-refractivity contribution in [2.45, 2.75) is 0 Å². The van der Waals surface area contributed by atoms with Crippen LogP contribution in [-0.4, -0.2) is 209 Å². The van der Waals surface area contributed by atoms with Gasteiger partial charge in [-0.3, -0.25) is 9.80 Å². The van der Waals surface area contributed by atoms with Gasteiger partial charge in [0.2, 0.25) is 0 Å². The van der Waals surface area contributed by atoms with Crippen LogP contribution >= 0.6 is 0 Å². The summed E-state index contributed by atoms with van der Waals surface area (Å²) in [5.74, 6) is -9.40. The maximum absolute atomic E-state index is 9.99. The summed E-state index contributed by atoms with van der Waals surface area (Å²) in [5, 5.41) is 60.0. The molecule has 0 aromatic carbocycles. The quantitative estimate of drug-likeness (QED) is 0.211. The predicted molar refractivity (Wildman–Crippen MR) is 87.4 cm³/mol. The molecule has 0 saturated carbocycles. The van der Waals surface area contributed by atoms with Crippen molar-refractivity contribution in [2.75, 3.05) is 39.3 Å². The molecular formula is C12H16Ca3N2O14. The van der Waals surface area contributed by atoms with Crippen LogP contribution in [0.1, 0.15) is 0 Å². The molecule has 0 aliphatic rings. The van der Waals surface area contributed by atoms with E-state index in [0.29, 0.717) is 9.80 Å². The van der Waals surface area contributed by atoms with Gasteiger partial charge in [-0.05, 0) is 0 Å². The van der Waals surface area contributed by atoms with E-state index < -0.39 is 75.1 Å². The summed E-state index contributed by atoms with van der Waals surface area (Å²) in [4.78, 5) is 61.2. The minimum Gasteiger partial charge on any atom is -0.549 e. The SMILES string of the molecule is O.O.O=C([O-])CN(CC(=O)[O-])CC(=O)[O-].O=C([O-])CN(CC(=O)[O-])CC(=O)[O-].[Ca+2].[Ca+2].[Ca+2]. The molecule has 0 atom stereocenters. The summed E-state index contributed by atoms with van der Waals surface area (Å²) in [6.45, 7) is -4.74. The van der Waals surface area contributed by atoms with Gasteiger partial charge in [-0.2, -0.15) is 0 Å². The van der Waals surface area contributed by atoms with Gasteiger partial charge in [-0.25, -0.2) is 0 Å². The largest absolute Gasteiger partial charge is 2.00 e. The van der Waals surface area contributed by atoms with Crippen molar-refractivity contribution in [1.82, 2.24) is 9.80 Å². The van der Waals surface area contributed by atoms with E-state index in [0.717, 1.165) is 0 Å². The smallest absolute Gasteiger partial charge is 0.549 e. The molecule has 4 N–H and O–H groups in total. The van der Waals surface area contributed by atoms with Gasteiger partial charge in [-0.15, -0.1) is 0 Å². The second-order valence-electron chi connectivity index (χ2n) is 4.52. The molecule has 0 bridgehead atoms. The maximum atomic E-state index is 9.99. The van der Waals surface area contributed by atoms with E-state index in [9.17, 15) is 59.4 Å². The Labute approximate surface area is 264 Å². The Morgan fingerprint density at radius 1 is 0.387 bits per heavy atom. The third-order valence-electron chi connectivity index (χ3n) is 2.12. The van der Waals surface area contributed by atoms with Crippen LogP contribution in [0.4, 0.5) is 0 Å². The van der Waals surface area contributed by atoms with Gasteiger partial charge in [0, 0.05) is 39.3 Å². The molecule has 0 aliphatic carbocycles. The molecule has 0 spiro atoms. The number of hydrogen-bond donors (Lipinski definition) is 0. The van der Waals surface area contributed by atoms with Gasteiger partial charge in [0.1, 0.15) is 0 Å². The summed E-state index contributed by atoms with van der Waals surface area (Å²) >= 11 is 0. The summed E-state index contributed by atoms with van der Waals surface area (Å²) in [7, 11) is 0. The number of nitrogens with zero attached hydrogens (tertiary/aromatic N) is 2. The number of carboxylic acid groups (broad SMARTS) is 6. The molecule has 0 aromatic heterocycles. The van der Waals surface area contributed by atoms with Gasteiger partial charge in [0.15, 0.2) is 0 Å². The Hall–Kier alpha value is 0.439. The van der Waals surface area contributed by atoms with Crippen LogP contribution in [-0.2, 0) is 28.8 Å². The zero-order valence-electron chi connectivity index (χ0n) is 16.2. The minimum atomic E-state index is -1.57. The van der Waals surface area contributed by atoms with Gasteiger partial charge >= 0.3 is 113 Å². The van der Waals surface area contributed by atoms with Crippen LogP contribution in [0.5, 0.6) is 0 Å². The Morgan fingerprint density at radius 2 is 0.484 bits per heavy atom. The van der Waals surface area contributed by atoms with Crippen molar-refractivity contribution in [3.05, 3.63) is 0 Å². The summed E-state index contributed by atoms with van der Waals surface area (Å²) in [6.07, 6.45) is 0. The Kier molecular flexibility index (Phi) is 44.8. The van der Waals surface area contributed by atoms with E-state index in [1.807, 2.05) is 0 Å². The third kappa shape index (κ3) is 41.2. The monoisotopic (exact) mass is 532 g/mol. The molecule has 0 aromatic rings. The average Bonchev–Trinajstić information content (AvgIpc) is 2.33. The fourth-order valence-corrected chi connectivity index (χ4v) is 1.43. The van der Waals surface area contributed by atoms with E-state index in [1.165, 1.54) is 0 Å². The maximum Gasteiger partial charge on any atom is 2.00 e. The zero-order chi connectivity index (χ0) is 20.9. The fraction of sp³-hybridized carbons (Fsp3) is 0.500.